The average Bonchev–Trinajstić information content (AvgIpc) is 3.67. The standard InChI is InChI=1S/C28H24F3N7O3/c29-16-10-23(28(41)35-21-5-2-17-19(30)3-4-20(31)25(17)21)37(12-16)24(39)13-38-22-6-1-14(15-7-8-33-34-11-15)9-18(22)26(36-38)27(32)40/h1,3-4,6-9,11,16,21,23H,2,5,10,12-13H2,(H2,32,40)(H,35,41)/t16-,21?,23+/m1/s1. The summed E-state index contributed by atoms with van der Waals surface area (Å²) in [4.78, 5) is 39.9. The van der Waals surface area contributed by atoms with E-state index in [1.54, 1.807) is 30.5 Å². The molecule has 2 aromatic heterocycles. The number of aromatic nitrogens is 4. The number of nitrogens with one attached hydrogen (secondary N) is 1. The van der Waals surface area contributed by atoms with Crippen LogP contribution in [0.2, 0.25) is 0 Å². The number of amides is 3. The van der Waals surface area contributed by atoms with Crippen LogP contribution in [0.25, 0.3) is 22.0 Å². The van der Waals surface area contributed by atoms with Crippen LogP contribution in [0.4, 0.5) is 13.2 Å². The first-order valence-corrected chi connectivity index (χ1v) is 13.0. The first kappa shape index (κ1) is 26.4. The highest BCUT2D eigenvalue weighted by atomic mass is 19.1. The van der Waals surface area contributed by atoms with E-state index < -0.39 is 47.6 Å². The maximum Gasteiger partial charge on any atom is 0.269 e. The monoisotopic (exact) mass is 563 g/mol. The van der Waals surface area contributed by atoms with Crippen molar-refractivity contribution in [1.82, 2.24) is 30.2 Å². The number of primary amides is 1. The molecule has 0 spiro atoms. The topological polar surface area (TPSA) is 136 Å². The van der Waals surface area contributed by atoms with Crippen molar-refractivity contribution in [2.45, 2.75) is 44.1 Å². The van der Waals surface area contributed by atoms with Crippen LogP contribution in [-0.2, 0) is 22.6 Å². The molecule has 1 saturated heterocycles. The Labute approximate surface area is 231 Å². The van der Waals surface area contributed by atoms with Gasteiger partial charge in [0.1, 0.15) is 30.4 Å². The van der Waals surface area contributed by atoms with Gasteiger partial charge in [-0.3, -0.25) is 19.1 Å². The number of hydrogen-bond acceptors (Lipinski definition) is 6. The average molecular weight is 564 g/mol. The molecule has 1 aliphatic heterocycles. The zero-order chi connectivity index (χ0) is 28.8. The van der Waals surface area contributed by atoms with Crippen molar-refractivity contribution in [2.24, 2.45) is 5.73 Å². The van der Waals surface area contributed by atoms with Gasteiger partial charge in [0.2, 0.25) is 11.8 Å². The number of likely N-dealkylation sites (tertiary alicyclic amines) is 1. The fourth-order valence-electron chi connectivity index (χ4n) is 5.74. The Hall–Kier alpha value is -4.81. The Bertz CT molecular complexity index is 1690. The fraction of sp³-hybridized carbons (Fsp3) is 0.286. The lowest BCUT2D eigenvalue weighted by atomic mass is 10.0. The molecule has 3 heterocycles. The molecule has 1 unspecified atom stereocenters. The maximum absolute atomic E-state index is 14.5. The number of fused-ring (bicyclic) bond motifs is 2. The van der Waals surface area contributed by atoms with Gasteiger partial charge in [0.15, 0.2) is 5.69 Å². The summed E-state index contributed by atoms with van der Waals surface area (Å²) in [7, 11) is 0. The molecule has 3 atom stereocenters. The molecule has 1 fully saturated rings. The van der Waals surface area contributed by atoms with Crippen LogP contribution < -0.4 is 11.1 Å². The van der Waals surface area contributed by atoms with Gasteiger partial charge < -0.3 is 16.0 Å². The van der Waals surface area contributed by atoms with Crippen molar-refractivity contribution in [1.29, 1.82) is 0 Å². The van der Waals surface area contributed by atoms with Gasteiger partial charge in [-0.15, -0.1) is 0 Å². The van der Waals surface area contributed by atoms with Gasteiger partial charge in [0.05, 0.1) is 30.5 Å². The zero-order valence-corrected chi connectivity index (χ0v) is 21.6. The fourth-order valence-corrected chi connectivity index (χ4v) is 5.74. The van der Waals surface area contributed by atoms with E-state index >= 15 is 0 Å². The molecule has 2 aliphatic rings. The van der Waals surface area contributed by atoms with E-state index in [1.165, 1.54) is 10.9 Å². The Kier molecular flexibility index (Phi) is 6.64. The second-order valence-electron chi connectivity index (χ2n) is 10.1. The Morgan fingerprint density at radius 1 is 1.05 bits per heavy atom. The molecule has 13 heteroatoms. The largest absolute Gasteiger partial charge is 0.364 e. The summed E-state index contributed by atoms with van der Waals surface area (Å²) in [6, 6.07) is 6.99. The number of nitrogens with zero attached hydrogens (tertiary/aromatic N) is 5. The molecule has 2 aromatic carbocycles. The molecule has 41 heavy (non-hydrogen) atoms. The number of carbonyl (C=O) groups excluding carboxylic acids is 3. The summed E-state index contributed by atoms with van der Waals surface area (Å²) in [5.41, 5.74) is 7.70. The van der Waals surface area contributed by atoms with Crippen molar-refractivity contribution in [3.05, 3.63) is 77.2 Å². The van der Waals surface area contributed by atoms with Crippen LogP contribution in [0.1, 0.15) is 40.5 Å². The summed E-state index contributed by atoms with van der Waals surface area (Å²) in [6.07, 6.45) is 1.92. The van der Waals surface area contributed by atoms with Crippen molar-refractivity contribution in [3.63, 3.8) is 0 Å². The van der Waals surface area contributed by atoms with Gasteiger partial charge in [0.25, 0.3) is 5.91 Å². The highest BCUT2D eigenvalue weighted by Gasteiger charge is 2.41. The molecule has 210 valence electrons. The summed E-state index contributed by atoms with van der Waals surface area (Å²) in [6.45, 7) is -0.704. The molecule has 3 amide bonds. The lowest BCUT2D eigenvalue weighted by Gasteiger charge is -2.25. The van der Waals surface area contributed by atoms with Gasteiger partial charge in [-0.1, -0.05) is 6.07 Å². The van der Waals surface area contributed by atoms with E-state index in [-0.39, 0.29) is 49.2 Å². The second kappa shape index (κ2) is 10.3. The lowest BCUT2D eigenvalue weighted by Crippen LogP contribution is -2.47. The molecule has 10 nitrogen and oxygen atoms in total. The van der Waals surface area contributed by atoms with E-state index in [4.69, 9.17) is 5.73 Å². The molecular formula is C28H24F3N7O3. The van der Waals surface area contributed by atoms with Gasteiger partial charge >= 0.3 is 0 Å². The Morgan fingerprint density at radius 3 is 2.61 bits per heavy atom. The third kappa shape index (κ3) is 4.77. The Balaban J connectivity index is 1.24. The highest BCUT2D eigenvalue weighted by molar-refractivity contribution is 6.05. The van der Waals surface area contributed by atoms with Crippen LogP contribution in [0.3, 0.4) is 0 Å². The maximum atomic E-state index is 14.5. The number of hydrogen-bond donors (Lipinski definition) is 2. The number of carbonyl (C=O) groups is 3. The molecule has 0 saturated carbocycles. The number of benzene rings is 2. The molecule has 3 N–H and O–H groups in total. The van der Waals surface area contributed by atoms with E-state index in [9.17, 15) is 27.6 Å². The van der Waals surface area contributed by atoms with Crippen LogP contribution in [0.15, 0.2) is 48.8 Å². The minimum absolute atomic E-state index is 0.0510. The lowest BCUT2D eigenvalue weighted by molar-refractivity contribution is -0.139. The van der Waals surface area contributed by atoms with Crippen molar-refractivity contribution >= 4 is 28.6 Å². The Morgan fingerprint density at radius 2 is 1.85 bits per heavy atom. The zero-order valence-electron chi connectivity index (χ0n) is 21.6. The molecular weight excluding hydrogens is 539 g/mol. The predicted octanol–water partition coefficient (Wildman–Crippen LogP) is 2.61. The number of halogens is 3. The van der Waals surface area contributed by atoms with Gasteiger partial charge in [-0.25, -0.2) is 13.2 Å². The van der Waals surface area contributed by atoms with E-state index in [1.807, 2.05) is 0 Å². The minimum atomic E-state index is -1.45. The smallest absolute Gasteiger partial charge is 0.269 e. The van der Waals surface area contributed by atoms with Gasteiger partial charge in [-0.05, 0) is 54.3 Å². The number of alkyl halides is 1. The third-order valence-electron chi connectivity index (χ3n) is 7.65. The number of nitrogens with two attached hydrogens (primary N) is 1. The normalized spacial score (nSPS) is 19.9. The van der Waals surface area contributed by atoms with Crippen LogP contribution in [0, 0.1) is 11.6 Å². The van der Waals surface area contributed by atoms with Crippen molar-refractivity contribution in [2.75, 3.05) is 6.54 Å². The first-order valence-electron chi connectivity index (χ1n) is 13.0. The summed E-state index contributed by atoms with van der Waals surface area (Å²) in [5, 5.41) is 14.9. The quantitative estimate of drug-likeness (QED) is 0.370. The first-order chi connectivity index (χ1) is 19.7. The number of rotatable bonds is 6. The van der Waals surface area contributed by atoms with E-state index in [0.717, 1.165) is 28.2 Å². The van der Waals surface area contributed by atoms with E-state index in [2.05, 4.69) is 20.6 Å². The van der Waals surface area contributed by atoms with Crippen LogP contribution in [0.5, 0.6) is 0 Å². The summed E-state index contributed by atoms with van der Waals surface area (Å²) >= 11 is 0. The summed E-state index contributed by atoms with van der Waals surface area (Å²) in [5.74, 6) is -3.23. The summed E-state index contributed by atoms with van der Waals surface area (Å²) < 4.78 is 44.5. The van der Waals surface area contributed by atoms with Gasteiger partial charge in [-0.2, -0.15) is 15.3 Å². The molecule has 1 aliphatic carbocycles. The van der Waals surface area contributed by atoms with E-state index in [0.29, 0.717) is 10.9 Å². The van der Waals surface area contributed by atoms with Crippen LogP contribution in [-0.4, -0.2) is 61.4 Å². The SMILES string of the molecule is NC(=O)c1nn(CC(=O)N2C[C@H](F)C[C@H]2C(=O)NC2CCc3c(F)ccc(F)c32)c2ccc(-c3ccnnc3)cc12. The predicted molar refractivity (Wildman–Crippen MR) is 140 cm³/mol. The molecule has 0 bridgehead atoms. The van der Waals surface area contributed by atoms with Crippen molar-refractivity contribution < 1.29 is 27.6 Å². The molecule has 6 rings (SSSR count). The highest BCUT2D eigenvalue weighted by Crippen LogP contribution is 2.35. The van der Waals surface area contributed by atoms with Crippen molar-refractivity contribution in [3.8, 4) is 11.1 Å². The van der Waals surface area contributed by atoms with Gasteiger partial charge in [0, 0.05) is 22.9 Å². The third-order valence-corrected chi connectivity index (χ3v) is 7.65. The van der Waals surface area contributed by atoms with Crippen LogP contribution >= 0.6 is 0 Å². The molecule has 4 aromatic rings. The molecule has 0 radical (unpaired) electrons. The second-order valence-corrected chi connectivity index (χ2v) is 10.1. The minimum Gasteiger partial charge on any atom is -0.364 e.